The first-order valence-corrected chi connectivity index (χ1v) is 9.50. The van der Waals surface area contributed by atoms with Crippen molar-refractivity contribution in [3.8, 4) is 0 Å². The van der Waals surface area contributed by atoms with E-state index >= 15 is 0 Å². The van der Waals surface area contributed by atoms with E-state index < -0.39 is 12.1 Å². The molecule has 3 aromatic rings. The third kappa shape index (κ3) is 5.94. The highest BCUT2D eigenvalue weighted by Crippen LogP contribution is 2.25. The van der Waals surface area contributed by atoms with E-state index in [4.69, 9.17) is 9.84 Å². The standard InChI is InChI=1S/C24H23NO4/c26-23(27)18-20-10-7-9-19(17-20)11-8-16-29-24(28)25(21-12-3-1-4-13-21)22-14-5-2-6-15-22/h1-7,9-10,12-15,17H,8,11,16,18H2,(H,26,27). The lowest BCUT2D eigenvalue weighted by Crippen LogP contribution is -2.27. The van der Waals surface area contributed by atoms with Crippen molar-refractivity contribution in [1.82, 2.24) is 0 Å². The van der Waals surface area contributed by atoms with Gasteiger partial charge in [-0.15, -0.1) is 0 Å². The molecule has 0 bridgehead atoms. The maximum Gasteiger partial charge on any atom is 0.418 e. The number of nitrogens with zero attached hydrogens (tertiary/aromatic N) is 1. The number of aliphatic carboxylic acids is 1. The van der Waals surface area contributed by atoms with E-state index in [1.165, 1.54) is 0 Å². The Labute approximate surface area is 170 Å². The predicted molar refractivity (Wildman–Crippen MR) is 112 cm³/mol. The fraction of sp³-hybridized carbons (Fsp3) is 0.167. The molecule has 5 heteroatoms. The number of para-hydroxylation sites is 2. The second kappa shape index (κ2) is 10.1. The van der Waals surface area contributed by atoms with E-state index in [1.54, 1.807) is 11.0 Å². The molecule has 0 atom stereocenters. The van der Waals surface area contributed by atoms with E-state index in [9.17, 15) is 9.59 Å². The number of aryl methyl sites for hydroxylation is 1. The number of hydrogen-bond acceptors (Lipinski definition) is 3. The Hall–Kier alpha value is -3.60. The molecule has 0 saturated heterocycles. The average molecular weight is 389 g/mol. The van der Waals surface area contributed by atoms with E-state index in [0.717, 1.165) is 22.5 Å². The van der Waals surface area contributed by atoms with Gasteiger partial charge in [0.2, 0.25) is 0 Å². The van der Waals surface area contributed by atoms with Gasteiger partial charge in [-0.1, -0.05) is 60.7 Å². The number of amides is 1. The Morgan fingerprint density at radius 1 is 0.793 bits per heavy atom. The van der Waals surface area contributed by atoms with E-state index in [1.807, 2.05) is 78.9 Å². The number of carboxylic acids is 1. The number of carbonyl (C=O) groups excluding carboxylic acids is 1. The van der Waals surface area contributed by atoms with E-state index in [2.05, 4.69) is 0 Å². The van der Waals surface area contributed by atoms with Crippen LogP contribution in [0.1, 0.15) is 17.5 Å². The van der Waals surface area contributed by atoms with Gasteiger partial charge in [0.15, 0.2) is 0 Å². The van der Waals surface area contributed by atoms with Crippen LogP contribution in [0.2, 0.25) is 0 Å². The van der Waals surface area contributed by atoms with Crippen molar-refractivity contribution in [2.45, 2.75) is 19.3 Å². The van der Waals surface area contributed by atoms with Gasteiger partial charge in [0.05, 0.1) is 24.4 Å². The molecule has 0 heterocycles. The Balaban J connectivity index is 1.59. The molecule has 0 aliphatic heterocycles. The fourth-order valence-corrected chi connectivity index (χ4v) is 3.08. The lowest BCUT2D eigenvalue weighted by molar-refractivity contribution is -0.136. The van der Waals surface area contributed by atoms with Crippen molar-refractivity contribution in [1.29, 1.82) is 0 Å². The van der Waals surface area contributed by atoms with Gasteiger partial charge >= 0.3 is 12.1 Å². The number of hydrogen-bond donors (Lipinski definition) is 1. The molecule has 0 aliphatic carbocycles. The van der Waals surface area contributed by atoms with Crippen molar-refractivity contribution in [2.75, 3.05) is 11.5 Å². The van der Waals surface area contributed by atoms with Crippen LogP contribution in [-0.4, -0.2) is 23.8 Å². The van der Waals surface area contributed by atoms with Crippen LogP contribution in [0.4, 0.5) is 16.2 Å². The Bertz CT molecular complexity index is 902. The summed E-state index contributed by atoms with van der Waals surface area (Å²) in [6.07, 6.45) is 0.935. The molecule has 1 amide bonds. The second-order valence-corrected chi connectivity index (χ2v) is 6.61. The van der Waals surface area contributed by atoms with Gasteiger partial charge < -0.3 is 9.84 Å². The van der Waals surface area contributed by atoms with Crippen molar-refractivity contribution in [3.05, 3.63) is 96.1 Å². The molecule has 5 nitrogen and oxygen atoms in total. The Kier molecular flexibility index (Phi) is 7.00. The number of rotatable bonds is 8. The van der Waals surface area contributed by atoms with Crippen LogP contribution in [0.25, 0.3) is 0 Å². The Morgan fingerprint density at radius 3 is 1.97 bits per heavy atom. The van der Waals surface area contributed by atoms with Crippen molar-refractivity contribution >= 4 is 23.4 Å². The molecule has 3 aromatic carbocycles. The molecule has 1 N–H and O–H groups in total. The highest BCUT2D eigenvalue weighted by Gasteiger charge is 2.19. The lowest BCUT2D eigenvalue weighted by atomic mass is 10.0. The summed E-state index contributed by atoms with van der Waals surface area (Å²) >= 11 is 0. The molecule has 0 radical (unpaired) electrons. The van der Waals surface area contributed by atoms with Crippen LogP contribution in [0.3, 0.4) is 0 Å². The summed E-state index contributed by atoms with van der Waals surface area (Å²) in [5.74, 6) is -0.849. The van der Waals surface area contributed by atoms with Gasteiger partial charge in [0.25, 0.3) is 0 Å². The van der Waals surface area contributed by atoms with Gasteiger partial charge in [-0.05, 0) is 48.2 Å². The molecule has 0 aliphatic rings. The molecule has 0 saturated carbocycles. The second-order valence-electron chi connectivity index (χ2n) is 6.61. The predicted octanol–water partition coefficient (Wildman–Crippen LogP) is 5.22. The summed E-state index contributed by atoms with van der Waals surface area (Å²) in [5.41, 5.74) is 3.28. The number of ether oxygens (including phenoxy) is 1. The maximum absolute atomic E-state index is 12.8. The van der Waals surface area contributed by atoms with Gasteiger partial charge in [-0.2, -0.15) is 0 Å². The molecule has 29 heavy (non-hydrogen) atoms. The summed E-state index contributed by atoms with van der Waals surface area (Å²) in [6, 6.07) is 26.3. The van der Waals surface area contributed by atoms with Gasteiger partial charge in [-0.3, -0.25) is 4.79 Å². The zero-order valence-corrected chi connectivity index (χ0v) is 16.0. The minimum Gasteiger partial charge on any atom is -0.481 e. The lowest BCUT2D eigenvalue weighted by Gasteiger charge is -2.22. The fourth-order valence-electron chi connectivity index (χ4n) is 3.08. The summed E-state index contributed by atoms with van der Waals surface area (Å²) in [4.78, 5) is 25.2. The smallest absolute Gasteiger partial charge is 0.418 e. The average Bonchev–Trinajstić information content (AvgIpc) is 2.73. The van der Waals surface area contributed by atoms with Crippen LogP contribution in [-0.2, 0) is 22.4 Å². The molecule has 0 unspecified atom stereocenters. The quantitative estimate of drug-likeness (QED) is 0.536. The zero-order valence-electron chi connectivity index (χ0n) is 16.0. The van der Waals surface area contributed by atoms with Crippen molar-refractivity contribution in [2.24, 2.45) is 0 Å². The number of benzene rings is 3. The van der Waals surface area contributed by atoms with Crippen molar-refractivity contribution in [3.63, 3.8) is 0 Å². The first kappa shape index (κ1) is 20.1. The zero-order chi connectivity index (χ0) is 20.5. The van der Waals surface area contributed by atoms with E-state index in [-0.39, 0.29) is 13.0 Å². The number of anilines is 2. The molecule has 0 fully saturated rings. The normalized spacial score (nSPS) is 10.3. The molecule has 0 spiro atoms. The molecular weight excluding hydrogens is 366 g/mol. The topological polar surface area (TPSA) is 66.8 Å². The number of carboxylic acid groups (broad SMARTS) is 1. The third-order valence-electron chi connectivity index (χ3n) is 4.39. The SMILES string of the molecule is O=C(O)Cc1cccc(CCCOC(=O)N(c2ccccc2)c2ccccc2)c1. The summed E-state index contributed by atoms with van der Waals surface area (Å²) in [5, 5.41) is 8.91. The van der Waals surface area contributed by atoms with Gasteiger partial charge in [-0.25, -0.2) is 9.69 Å². The molecular formula is C24H23NO4. The van der Waals surface area contributed by atoms with Crippen LogP contribution < -0.4 is 4.90 Å². The van der Waals surface area contributed by atoms with E-state index in [0.29, 0.717) is 12.8 Å². The third-order valence-corrected chi connectivity index (χ3v) is 4.39. The molecule has 3 rings (SSSR count). The van der Waals surface area contributed by atoms with Crippen LogP contribution in [0.5, 0.6) is 0 Å². The minimum absolute atomic E-state index is 0.00589. The maximum atomic E-state index is 12.8. The van der Waals surface area contributed by atoms with Crippen LogP contribution in [0.15, 0.2) is 84.9 Å². The highest BCUT2D eigenvalue weighted by atomic mass is 16.6. The largest absolute Gasteiger partial charge is 0.481 e. The number of carbonyl (C=O) groups is 2. The first-order valence-electron chi connectivity index (χ1n) is 9.50. The first-order chi connectivity index (χ1) is 14.1. The summed E-state index contributed by atoms with van der Waals surface area (Å²) in [7, 11) is 0. The van der Waals surface area contributed by atoms with Gasteiger partial charge in [0, 0.05) is 0 Å². The summed E-state index contributed by atoms with van der Waals surface area (Å²) < 4.78 is 5.52. The van der Waals surface area contributed by atoms with Crippen molar-refractivity contribution < 1.29 is 19.4 Å². The highest BCUT2D eigenvalue weighted by molar-refractivity contribution is 5.95. The summed E-state index contributed by atoms with van der Waals surface area (Å²) in [6.45, 7) is 0.276. The molecule has 148 valence electrons. The van der Waals surface area contributed by atoms with Crippen LogP contribution in [0, 0.1) is 0 Å². The minimum atomic E-state index is -0.849. The van der Waals surface area contributed by atoms with Gasteiger partial charge in [0.1, 0.15) is 0 Å². The molecule has 0 aromatic heterocycles. The Morgan fingerprint density at radius 2 is 1.38 bits per heavy atom. The van der Waals surface area contributed by atoms with Crippen LogP contribution >= 0.6 is 0 Å². The monoisotopic (exact) mass is 389 g/mol.